The van der Waals surface area contributed by atoms with E-state index >= 15 is 0 Å². The van der Waals surface area contributed by atoms with Crippen molar-refractivity contribution in [2.45, 2.75) is 37.2 Å². The van der Waals surface area contributed by atoms with Gasteiger partial charge in [0.05, 0.1) is 11.0 Å². The minimum Gasteiger partial charge on any atom is -0.396 e. The van der Waals surface area contributed by atoms with Gasteiger partial charge >= 0.3 is 0 Å². The minimum atomic E-state index is -3.70. The third-order valence-corrected chi connectivity index (χ3v) is 6.03. The largest absolute Gasteiger partial charge is 0.396 e. The number of fused-ring (bicyclic) bond motifs is 2. The molecule has 0 heterocycles. The first-order valence-electron chi connectivity index (χ1n) is 7.10. The summed E-state index contributed by atoms with van der Waals surface area (Å²) in [5.74, 6) is 0.896. The van der Waals surface area contributed by atoms with E-state index < -0.39 is 10.1 Å². The maximum absolute atomic E-state index is 12.3. The van der Waals surface area contributed by atoms with Crippen LogP contribution in [0.1, 0.15) is 24.8 Å². The van der Waals surface area contributed by atoms with Crippen LogP contribution in [0.5, 0.6) is 0 Å². The summed E-state index contributed by atoms with van der Waals surface area (Å²) < 4.78 is 30.0. The summed E-state index contributed by atoms with van der Waals surface area (Å²) in [5.41, 5.74) is 1.02. The van der Waals surface area contributed by atoms with Crippen LogP contribution in [0.2, 0.25) is 0 Å². The average Bonchev–Trinajstić information content (AvgIpc) is 2.97. The summed E-state index contributed by atoms with van der Waals surface area (Å²) in [6.07, 6.45) is 2.52. The van der Waals surface area contributed by atoms with Crippen molar-refractivity contribution in [1.82, 2.24) is 0 Å². The molecule has 1 N–H and O–H groups in total. The van der Waals surface area contributed by atoms with Crippen molar-refractivity contribution < 1.29 is 17.7 Å². The second-order valence-electron chi connectivity index (χ2n) is 6.08. The monoisotopic (exact) mass is 296 g/mol. The minimum absolute atomic E-state index is 0.131. The molecule has 2 aliphatic carbocycles. The summed E-state index contributed by atoms with van der Waals surface area (Å²) in [6.45, 7) is 2.05. The van der Waals surface area contributed by atoms with Crippen molar-refractivity contribution in [2.24, 2.45) is 17.8 Å². The van der Waals surface area contributed by atoms with Gasteiger partial charge in [-0.3, -0.25) is 4.18 Å². The third kappa shape index (κ3) is 2.50. The van der Waals surface area contributed by atoms with Gasteiger partial charge in [0.1, 0.15) is 0 Å². The molecule has 3 rings (SSSR count). The van der Waals surface area contributed by atoms with Crippen LogP contribution in [-0.4, -0.2) is 26.2 Å². The second-order valence-corrected chi connectivity index (χ2v) is 7.65. The summed E-state index contributed by atoms with van der Waals surface area (Å²) in [6, 6.07) is 6.71. The first-order chi connectivity index (χ1) is 9.49. The molecule has 4 atom stereocenters. The molecule has 0 spiro atoms. The van der Waals surface area contributed by atoms with Crippen molar-refractivity contribution in [3.63, 3.8) is 0 Å². The summed E-state index contributed by atoms with van der Waals surface area (Å²) in [7, 11) is -3.70. The van der Waals surface area contributed by atoms with Crippen molar-refractivity contribution in [3.8, 4) is 0 Å². The van der Waals surface area contributed by atoms with Crippen molar-refractivity contribution >= 4 is 10.1 Å². The maximum atomic E-state index is 12.3. The number of aliphatic hydroxyl groups is 1. The Morgan fingerprint density at radius 2 is 1.90 bits per heavy atom. The molecule has 0 aliphatic heterocycles. The highest BCUT2D eigenvalue weighted by molar-refractivity contribution is 7.86. The van der Waals surface area contributed by atoms with Gasteiger partial charge in [0.25, 0.3) is 10.1 Å². The number of benzene rings is 1. The second kappa shape index (κ2) is 5.13. The number of rotatable bonds is 4. The predicted octanol–water partition coefficient (Wildman–Crippen LogP) is 2.11. The van der Waals surface area contributed by atoms with Gasteiger partial charge in [-0.05, 0) is 56.1 Å². The maximum Gasteiger partial charge on any atom is 0.297 e. The Hall–Kier alpha value is -0.910. The van der Waals surface area contributed by atoms with E-state index in [1.807, 2.05) is 6.92 Å². The van der Waals surface area contributed by atoms with Crippen LogP contribution in [0, 0.1) is 24.7 Å². The van der Waals surface area contributed by atoms with Gasteiger partial charge < -0.3 is 5.11 Å². The van der Waals surface area contributed by atoms with Crippen LogP contribution < -0.4 is 0 Å². The number of hydrogen-bond donors (Lipinski definition) is 1. The van der Waals surface area contributed by atoms with E-state index in [2.05, 4.69) is 0 Å². The van der Waals surface area contributed by atoms with Gasteiger partial charge in [-0.25, -0.2) is 0 Å². The van der Waals surface area contributed by atoms with E-state index in [-0.39, 0.29) is 29.4 Å². The first-order valence-corrected chi connectivity index (χ1v) is 8.51. The molecule has 4 nitrogen and oxygen atoms in total. The lowest BCUT2D eigenvalue weighted by molar-refractivity contribution is 0.0775. The molecule has 110 valence electrons. The lowest BCUT2D eigenvalue weighted by Crippen LogP contribution is -2.31. The number of aryl methyl sites for hydroxylation is 1. The van der Waals surface area contributed by atoms with Gasteiger partial charge in [-0.1, -0.05) is 17.7 Å². The van der Waals surface area contributed by atoms with Crippen LogP contribution in [0.4, 0.5) is 0 Å². The van der Waals surface area contributed by atoms with Gasteiger partial charge in [-0.15, -0.1) is 0 Å². The SMILES string of the molecule is Cc1ccc(S(=O)(=O)O[C@@H]2C[C@@H]3C[C@H](CO)[C@H]2C3)cc1. The van der Waals surface area contributed by atoms with Crippen molar-refractivity contribution in [2.75, 3.05) is 6.61 Å². The molecule has 5 heteroatoms. The molecule has 0 saturated heterocycles. The molecule has 2 fully saturated rings. The Kier molecular flexibility index (Phi) is 3.60. The van der Waals surface area contributed by atoms with Gasteiger partial charge in [0, 0.05) is 6.61 Å². The highest BCUT2D eigenvalue weighted by Crippen LogP contribution is 2.50. The fraction of sp³-hybridized carbons (Fsp3) is 0.600. The predicted molar refractivity (Wildman–Crippen MR) is 74.6 cm³/mol. The molecule has 0 unspecified atom stereocenters. The molecule has 0 radical (unpaired) electrons. The first kappa shape index (κ1) is 14.0. The molecule has 1 aromatic rings. The molecule has 2 aliphatic rings. The Morgan fingerprint density at radius 1 is 1.20 bits per heavy atom. The Balaban J connectivity index is 1.76. The molecule has 20 heavy (non-hydrogen) atoms. The van der Waals surface area contributed by atoms with E-state index in [0.717, 1.165) is 24.8 Å². The lowest BCUT2D eigenvalue weighted by Gasteiger charge is -2.27. The average molecular weight is 296 g/mol. The molecular formula is C15H20O4S. The quantitative estimate of drug-likeness (QED) is 0.864. The van der Waals surface area contributed by atoms with E-state index in [9.17, 15) is 13.5 Å². The Bertz CT molecular complexity index is 578. The van der Waals surface area contributed by atoms with Gasteiger partial charge in [-0.2, -0.15) is 8.42 Å². The molecule has 1 aromatic carbocycles. The van der Waals surface area contributed by atoms with E-state index in [1.54, 1.807) is 24.3 Å². The van der Waals surface area contributed by atoms with E-state index in [0.29, 0.717) is 5.92 Å². The molecule has 0 aromatic heterocycles. The summed E-state index contributed by atoms with van der Waals surface area (Å²) in [5, 5.41) is 9.35. The zero-order valence-electron chi connectivity index (χ0n) is 11.5. The van der Waals surface area contributed by atoms with Gasteiger partial charge in [0.15, 0.2) is 0 Å². The van der Waals surface area contributed by atoms with Gasteiger partial charge in [0.2, 0.25) is 0 Å². The topological polar surface area (TPSA) is 63.6 Å². The van der Waals surface area contributed by atoms with Crippen LogP contribution in [-0.2, 0) is 14.3 Å². The standard InChI is InChI=1S/C15H20O4S/c1-10-2-4-13(5-3-10)20(17,18)19-15-8-11-6-12(9-16)14(15)7-11/h2-5,11-12,14-16H,6-9H2,1H3/t11-,12-,14-,15-/m1/s1. The van der Waals surface area contributed by atoms with Crippen molar-refractivity contribution in [3.05, 3.63) is 29.8 Å². The summed E-state index contributed by atoms with van der Waals surface area (Å²) >= 11 is 0. The van der Waals surface area contributed by atoms with E-state index in [4.69, 9.17) is 4.18 Å². The molecule has 2 saturated carbocycles. The number of aliphatic hydroxyl groups excluding tert-OH is 1. The lowest BCUT2D eigenvalue weighted by atomic mass is 9.87. The zero-order chi connectivity index (χ0) is 14.3. The van der Waals surface area contributed by atoms with Crippen LogP contribution in [0.25, 0.3) is 0 Å². The highest BCUT2D eigenvalue weighted by atomic mass is 32.2. The Labute approximate surface area is 119 Å². The number of hydrogen-bond acceptors (Lipinski definition) is 4. The van der Waals surface area contributed by atoms with Crippen LogP contribution >= 0.6 is 0 Å². The zero-order valence-corrected chi connectivity index (χ0v) is 12.3. The molecule has 0 amide bonds. The summed E-state index contributed by atoms with van der Waals surface area (Å²) in [4.78, 5) is 0.214. The fourth-order valence-corrected chi connectivity index (χ4v) is 4.80. The Morgan fingerprint density at radius 3 is 2.50 bits per heavy atom. The molecule has 2 bridgehead atoms. The fourth-order valence-electron chi connectivity index (χ4n) is 3.67. The third-order valence-electron chi connectivity index (χ3n) is 4.68. The smallest absolute Gasteiger partial charge is 0.297 e. The van der Waals surface area contributed by atoms with Crippen LogP contribution in [0.15, 0.2) is 29.2 Å². The normalized spacial score (nSPS) is 32.7. The van der Waals surface area contributed by atoms with Crippen molar-refractivity contribution in [1.29, 1.82) is 0 Å². The van der Waals surface area contributed by atoms with E-state index in [1.165, 1.54) is 0 Å². The molecular weight excluding hydrogens is 276 g/mol. The highest BCUT2D eigenvalue weighted by Gasteiger charge is 2.48. The van der Waals surface area contributed by atoms with Crippen LogP contribution in [0.3, 0.4) is 0 Å².